The summed E-state index contributed by atoms with van der Waals surface area (Å²) >= 11 is 2.86. The number of hydrogen-bond donors (Lipinski definition) is 1. The Morgan fingerprint density at radius 1 is 1.19 bits per heavy atom. The smallest absolute Gasteiger partial charge is 0.267 e. The zero-order valence-electron chi connectivity index (χ0n) is 17.7. The molecular formula is C24H24N4O2S2. The summed E-state index contributed by atoms with van der Waals surface area (Å²) in [7, 11) is 0. The van der Waals surface area contributed by atoms with Crippen molar-refractivity contribution < 1.29 is 4.79 Å². The lowest BCUT2D eigenvalue weighted by Crippen LogP contribution is -2.49. The molecule has 0 atom stereocenters. The minimum absolute atomic E-state index is 0.0655. The maximum atomic E-state index is 13.6. The van der Waals surface area contributed by atoms with Gasteiger partial charge >= 0.3 is 0 Å². The molecule has 1 saturated carbocycles. The van der Waals surface area contributed by atoms with Gasteiger partial charge in [-0.3, -0.25) is 14.2 Å². The van der Waals surface area contributed by atoms with Crippen LogP contribution in [0.4, 0.5) is 0 Å². The number of hydrogen-bond acceptors (Lipinski definition) is 6. The molecule has 164 valence electrons. The van der Waals surface area contributed by atoms with E-state index in [-0.39, 0.29) is 17.2 Å². The van der Waals surface area contributed by atoms with E-state index < -0.39 is 5.54 Å². The van der Waals surface area contributed by atoms with Crippen molar-refractivity contribution in [2.45, 2.75) is 62.1 Å². The highest BCUT2D eigenvalue weighted by atomic mass is 32.2. The molecule has 0 unspecified atom stereocenters. The van der Waals surface area contributed by atoms with Crippen LogP contribution in [0.2, 0.25) is 0 Å². The van der Waals surface area contributed by atoms with Crippen LogP contribution < -0.4 is 10.9 Å². The van der Waals surface area contributed by atoms with Gasteiger partial charge in [0.15, 0.2) is 5.16 Å². The van der Waals surface area contributed by atoms with Crippen LogP contribution in [0.15, 0.2) is 40.3 Å². The number of benzene rings is 1. The van der Waals surface area contributed by atoms with E-state index in [2.05, 4.69) is 11.4 Å². The highest BCUT2D eigenvalue weighted by Crippen LogP contribution is 2.36. The number of fused-ring (bicyclic) bond motifs is 3. The molecule has 0 radical (unpaired) electrons. The molecule has 1 amide bonds. The number of aryl methyl sites for hydroxylation is 2. The lowest BCUT2D eigenvalue weighted by Gasteiger charge is -2.31. The fourth-order valence-corrected chi connectivity index (χ4v) is 6.89. The summed E-state index contributed by atoms with van der Waals surface area (Å²) in [6, 6.07) is 11.8. The number of thiophene rings is 1. The first-order chi connectivity index (χ1) is 15.6. The van der Waals surface area contributed by atoms with Crippen LogP contribution >= 0.6 is 23.1 Å². The minimum atomic E-state index is -0.763. The summed E-state index contributed by atoms with van der Waals surface area (Å²) in [5.74, 6) is -0.0830. The Balaban J connectivity index is 1.47. The van der Waals surface area contributed by atoms with Crippen LogP contribution in [0.1, 0.15) is 49.0 Å². The van der Waals surface area contributed by atoms with Crippen molar-refractivity contribution in [1.29, 1.82) is 5.26 Å². The third kappa shape index (κ3) is 3.84. The average Bonchev–Trinajstić information content (AvgIpc) is 3.40. The maximum absolute atomic E-state index is 13.6. The zero-order valence-corrected chi connectivity index (χ0v) is 19.4. The SMILES string of the molecule is N#CC1(NC(=O)CSc2nc3sc4c(c3c(=O)n2-c2ccccc2)CCC4)CCCCC1. The van der Waals surface area contributed by atoms with Crippen molar-refractivity contribution in [1.82, 2.24) is 14.9 Å². The molecule has 6 nitrogen and oxygen atoms in total. The van der Waals surface area contributed by atoms with Gasteiger partial charge in [0.25, 0.3) is 5.56 Å². The van der Waals surface area contributed by atoms with E-state index in [0.29, 0.717) is 18.0 Å². The number of rotatable bonds is 5. The van der Waals surface area contributed by atoms with Crippen LogP contribution in [-0.2, 0) is 17.6 Å². The maximum Gasteiger partial charge on any atom is 0.267 e. The second-order valence-corrected chi connectivity index (χ2v) is 10.5. The Hall–Kier alpha value is -2.63. The van der Waals surface area contributed by atoms with E-state index in [1.54, 1.807) is 15.9 Å². The fourth-order valence-electron chi connectivity index (χ4n) is 4.78. The minimum Gasteiger partial charge on any atom is -0.337 e. The quantitative estimate of drug-likeness (QED) is 0.447. The van der Waals surface area contributed by atoms with Crippen LogP contribution in [-0.4, -0.2) is 26.8 Å². The molecule has 0 spiro atoms. The summed E-state index contributed by atoms with van der Waals surface area (Å²) in [6.45, 7) is 0. The van der Waals surface area contributed by atoms with Gasteiger partial charge in [-0.15, -0.1) is 11.3 Å². The second kappa shape index (κ2) is 8.72. The average molecular weight is 465 g/mol. The lowest BCUT2D eigenvalue weighted by molar-refractivity contribution is -0.120. The summed E-state index contributed by atoms with van der Waals surface area (Å²) < 4.78 is 1.63. The Labute approximate surface area is 194 Å². The van der Waals surface area contributed by atoms with E-state index >= 15 is 0 Å². The first-order valence-corrected chi connectivity index (χ1v) is 12.9. The van der Waals surface area contributed by atoms with E-state index in [0.717, 1.165) is 60.0 Å². The molecule has 1 fully saturated rings. The second-order valence-electron chi connectivity index (χ2n) is 8.50. The van der Waals surface area contributed by atoms with Crippen molar-refractivity contribution in [3.05, 3.63) is 51.1 Å². The summed E-state index contributed by atoms with van der Waals surface area (Å²) in [5, 5.41) is 13.9. The number of nitriles is 1. The van der Waals surface area contributed by atoms with Crippen LogP contribution in [0.25, 0.3) is 15.9 Å². The van der Waals surface area contributed by atoms with Crippen LogP contribution in [0.5, 0.6) is 0 Å². The van der Waals surface area contributed by atoms with Gasteiger partial charge in [-0.05, 0) is 49.8 Å². The molecule has 1 N–H and O–H groups in total. The third-order valence-electron chi connectivity index (χ3n) is 6.35. The largest absolute Gasteiger partial charge is 0.337 e. The topological polar surface area (TPSA) is 87.8 Å². The highest BCUT2D eigenvalue weighted by Gasteiger charge is 2.33. The van der Waals surface area contributed by atoms with Crippen LogP contribution in [0.3, 0.4) is 0 Å². The Morgan fingerprint density at radius 3 is 2.72 bits per heavy atom. The molecular weight excluding hydrogens is 440 g/mol. The molecule has 3 aromatic rings. The van der Waals surface area contributed by atoms with Gasteiger partial charge in [-0.1, -0.05) is 49.2 Å². The number of para-hydroxylation sites is 1. The standard InChI is InChI=1S/C24H24N4O2S2/c25-15-24(12-5-2-6-13-24)27-19(29)14-31-23-26-21-20(17-10-7-11-18(17)32-21)22(30)28(23)16-8-3-1-4-9-16/h1,3-4,8-9H,2,5-7,10-14H2,(H,27,29). The lowest BCUT2D eigenvalue weighted by atomic mass is 9.83. The van der Waals surface area contributed by atoms with Crippen molar-refractivity contribution >= 4 is 39.2 Å². The Morgan fingerprint density at radius 2 is 1.97 bits per heavy atom. The number of carbonyl (C=O) groups is 1. The van der Waals surface area contributed by atoms with Crippen molar-refractivity contribution in [3.63, 3.8) is 0 Å². The molecule has 1 aromatic carbocycles. The highest BCUT2D eigenvalue weighted by molar-refractivity contribution is 7.99. The summed E-state index contributed by atoms with van der Waals surface area (Å²) in [5.41, 5.74) is 1.06. The van der Waals surface area contributed by atoms with E-state index in [9.17, 15) is 14.9 Å². The molecule has 0 bridgehead atoms. The molecule has 2 heterocycles. The van der Waals surface area contributed by atoms with E-state index in [4.69, 9.17) is 4.98 Å². The molecule has 5 rings (SSSR count). The zero-order chi connectivity index (χ0) is 22.1. The first kappa shape index (κ1) is 21.2. The Kier molecular flexibility index (Phi) is 5.78. The molecule has 0 saturated heterocycles. The van der Waals surface area contributed by atoms with E-state index in [1.165, 1.54) is 16.6 Å². The van der Waals surface area contributed by atoms with Crippen molar-refractivity contribution in [2.75, 3.05) is 5.75 Å². The molecule has 2 aromatic heterocycles. The number of nitrogens with zero attached hydrogens (tertiary/aromatic N) is 3. The van der Waals surface area contributed by atoms with Crippen molar-refractivity contribution in [2.24, 2.45) is 0 Å². The normalized spacial score (nSPS) is 17.1. The van der Waals surface area contributed by atoms with Gasteiger partial charge in [0.05, 0.1) is 22.9 Å². The van der Waals surface area contributed by atoms with Crippen molar-refractivity contribution in [3.8, 4) is 11.8 Å². The molecule has 2 aliphatic carbocycles. The summed E-state index contributed by atoms with van der Waals surface area (Å²) in [4.78, 5) is 33.2. The van der Waals surface area contributed by atoms with Crippen LogP contribution in [0, 0.1) is 11.3 Å². The van der Waals surface area contributed by atoms with Gasteiger partial charge in [0.2, 0.25) is 5.91 Å². The number of amides is 1. The number of carbonyl (C=O) groups excluding carboxylic acids is 1. The monoisotopic (exact) mass is 464 g/mol. The number of aromatic nitrogens is 2. The third-order valence-corrected chi connectivity index (χ3v) is 8.48. The van der Waals surface area contributed by atoms with Gasteiger partial charge in [0.1, 0.15) is 10.4 Å². The predicted molar refractivity (Wildman–Crippen MR) is 128 cm³/mol. The number of nitrogens with one attached hydrogen (secondary N) is 1. The van der Waals surface area contributed by atoms with Gasteiger partial charge in [0, 0.05) is 4.88 Å². The fraction of sp³-hybridized carbons (Fsp3) is 0.417. The van der Waals surface area contributed by atoms with Gasteiger partial charge in [-0.25, -0.2) is 4.98 Å². The van der Waals surface area contributed by atoms with Gasteiger partial charge in [-0.2, -0.15) is 5.26 Å². The Bertz CT molecular complexity index is 1270. The molecule has 2 aliphatic rings. The summed E-state index contributed by atoms with van der Waals surface area (Å²) in [6.07, 6.45) is 7.41. The molecule has 8 heteroatoms. The molecule has 0 aliphatic heterocycles. The predicted octanol–water partition coefficient (Wildman–Crippen LogP) is 4.37. The molecule has 32 heavy (non-hydrogen) atoms. The van der Waals surface area contributed by atoms with E-state index in [1.807, 2.05) is 30.3 Å². The first-order valence-electron chi connectivity index (χ1n) is 11.1. The van der Waals surface area contributed by atoms with Gasteiger partial charge < -0.3 is 5.32 Å². The number of thioether (sulfide) groups is 1.